The molecule has 16 heavy (non-hydrogen) atoms. The molecular weight excluding hydrogens is 196 g/mol. The molecule has 0 spiro atoms. The lowest BCUT2D eigenvalue weighted by atomic mass is 9.77. The number of unbranched alkanes of at least 4 members (excludes halogenated alkanes) is 3. The van der Waals surface area contributed by atoms with E-state index in [1.165, 1.54) is 51.4 Å². The van der Waals surface area contributed by atoms with Crippen LogP contribution in [0.25, 0.3) is 0 Å². The summed E-state index contributed by atoms with van der Waals surface area (Å²) in [6.07, 6.45) is 12.0. The van der Waals surface area contributed by atoms with Crippen LogP contribution in [0, 0.1) is 11.8 Å². The number of carbonyl (C=O) groups excluding carboxylic acids is 1. The van der Waals surface area contributed by atoms with Gasteiger partial charge in [-0.05, 0) is 25.2 Å². The van der Waals surface area contributed by atoms with Crippen molar-refractivity contribution in [3.8, 4) is 0 Å². The Hall–Kier alpha value is -0.330. The van der Waals surface area contributed by atoms with E-state index in [0.29, 0.717) is 11.7 Å². The van der Waals surface area contributed by atoms with Crippen LogP contribution in [-0.2, 0) is 4.79 Å². The van der Waals surface area contributed by atoms with E-state index >= 15 is 0 Å². The van der Waals surface area contributed by atoms with Gasteiger partial charge in [0.15, 0.2) is 0 Å². The van der Waals surface area contributed by atoms with E-state index in [4.69, 9.17) is 0 Å². The van der Waals surface area contributed by atoms with Crippen molar-refractivity contribution >= 4 is 5.78 Å². The molecule has 0 N–H and O–H groups in total. The van der Waals surface area contributed by atoms with Gasteiger partial charge in [-0.15, -0.1) is 0 Å². The van der Waals surface area contributed by atoms with Crippen molar-refractivity contribution in [2.75, 3.05) is 0 Å². The van der Waals surface area contributed by atoms with E-state index < -0.39 is 0 Å². The van der Waals surface area contributed by atoms with Gasteiger partial charge < -0.3 is 0 Å². The van der Waals surface area contributed by atoms with Gasteiger partial charge in [-0.25, -0.2) is 0 Å². The quantitative estimate of drug-likeness (QED) is 0.571. The Labute approximate surface area is 101 Å². The maximum atomic E-state index is 12.0. The first-order valence-corrected chi connectivity index (χ1v) is 7.30. The molecule has 1 aliphatic carbocycles. The molecule has 94 valence electrons. The molecule has 0 aromatic carbocycles. The predicted octanol–water partition coefficient (Wildman–Crippen LogP) is 4.74. The van der Waals surface area contributed by atoms with E-state index in [1.807, 2.05) is 0 Å². The van der Waals surface area contributed by atoms with Crippen molar-refractivity contribution in [3.63, 3.8) is 0 Å². The minimum Gasteiger partial charge on any atom is -0.299 e. The molecule has 0 saturated heterocycles. The number of Topliss-reactive ketones (excluding diaryl/α,β-unsaturated/α-hetero) is 1. The second-order valence-electron chi connectivity index (χ2n) is 5.41. The Bertz CT molecular complexity index is 198. The Balaban J connectivity index is 2.19. The van der Waals surface area contributed by atoms with Crippen LogP contribution in [0.5, 0.6) is 0 Å². The van der Waals surface area contributed by atoms with E-state index in [0.717, 1.165) is 18.8 Å². The Kier molecular flexibility index (Phi) is 6.75. The lowest BCUT2D eigenvalue weighted by Gasteiger charge is -2.27. The molecule has 0 radical (unpaired) electrons. The smallest absolute Gasteiger partial charge is 0.135 e. The molecule has 0 aromatic heterocycles. The van der Waals surface area contributed by atoms with Gasteiger partial charge in [-0.3, -0.25) is 4.79 Å². The van der Waals surface area contributed by atoms with Gasteiger partial charge in [0.1, 0.15) is 5.78 Å². The highest BCUT2D eigenvalue weighted by Crippen LogP contribution is 2.32. The van der Waals surface area contributed by atoms with Crippen molar-refractivity contribution in [3.05, 3.63) is 0 Å². The lowest BCUT2D eigenvalue weighted by Crippen LogP contribution is -2.22. The Morgan fingerprint density at radius 2 is 1.94 bits per heavy atom. The number of rotatable bonds is 7. The van der Waals surface area contributed by atoms with Gasteiger partial charge in [0.2, 0.25) is 0 Å². The summed E-state index contributed by atoms with van der Waals surface area (Å²) >= 11 is 0. The Morgan fingerprint density at radius 1 is 1.12 bits per heavy atom. The summed E-state index contributed by atoms with van der Waals surface area (Å²) in [5, 5.41) is 0. The zero-order valence-corrected chi connectivity index (χ0v) is 11.1. The summed E-state index contributed by atoms with van der Waals surface area (Å²) in [5.74, 6) is 1.81. The van der Waals surface area contributed by atoms with E-state index in [9.17, 15) is 4.79 Å². The third-order valence-corrected chi connectivity index (χ3v) is 4.09. The topological polar surface area (TPSA) is 17.1 Å². The van der Waals surface area contributed by atoms with Crippen molar-refractivity contribution in [1.29, 1.82) is 0 Å². The highest BCUT2D eigenvalue weighted by Gasteiger charge is 2.25. The molecule has 1 heteroatoms. The molecular formula is C15H28O. The highest BCUT2D eigenvalue weighted by atomic mass is 16.1. The van der Waals surface area contributed by atoms with Crippen LogP contribution in [0.1, 0.15) is 78.1 Å². The molecule has 0 heterocycles. The SMILES string of the molecule is CCCCCCC(=O)C1CCCC(CC)C1. The summed E-state index contributed by atoms with van der Waals surface area (Å²) in [7, 11) is 0. The second kappa shape index (κ2) is 7.86. The van der Waals surface area contributed by atoms with Crippen LogP contribution in [-0.4, -0.2) is 5.78 Å². The van der Waals surface area contributed by atoms with Crippen molar-refractivity contribution in [1.82, 2.24) is 0 Å². The normalized spacial score (nSPS) is 25.6. The van der Waals surface area contributed by atoms with Gasteiger partial charge in [0.25, 0.3) is 0 Å². The molecule has 2 atom stereocenters. The molecule has 1 rings (SSSR count). The molecule has 0 amide bonds. The average Bonchev–Trinajstić information content (AvgIpc) is 2.34. The summed E-state index contributed by atoms with van der Waals surface area (Å²) in [6.45, 7) is 4.48. The molecule has 1 nitrogen and oxygen atoms in total. The summed E-state index contributed by atoms with van der Waals surface area (Å²) in [6, 6.07) is 0. The van der Waals surface area contributed by atoms with Crippen LogP contribution in [0.3, 0.4) is 0 Å². The fraction of sp³-hybridized carbons (Fsp3) is 0.933. The number of hydrogen-bond acceptors (Lipinski definition) is 1. The summed E-state index contributed by atoms with van der Waals surface area (Å²) < 4.78 is 0. The number of carbonyl (C=O) groups is 1. The van der Waals surface area contributed by atoms with Crippen molar-refractivity contribution in [2.24, 2.45) is 11.8 Å². The van der Waals surface area contributed by atoms with Gasteiger partial charge in [0, 0.05) is 12.3 Å². The van der Waals surface area contributed by atoms with Crippen LogP contribution in [0.4, 0.5) is 0 Å². The van der Waals surface area contributed by atoms with Gasteiger partial charge in [-0.1, -0.05) is 52.4 Å². The molecule has 0 bridgehead atoms. The summed E-state index contributed by atoms with van der Waals surface area (Å²) in [5.41, 5.74) is 0. The monoisotopic (exact) mass is 224 g/mol. The maximum Gasteiger partial charge on any atom is 0.135 e. The van der Waals surface area contributed by atoms with Gasteiger partial charge in [-0.2, -0.15) is 0 Å². The van der Waals surface area contributed by atoms with E-state index in [2.05, 4.69) is 13.8 Å². The van der Waals surface area contributed by atoms with E-state index in [-0.39, 0.29) is 0 Å². The van der Waals surface area contributed by atoms with Crippen LogP contribution in [0.2, 0.25) is 0 Å². The fourth-order valence-corrected chi connectivity index (χ4v) is 2.88. The first kappa shape index (κ1) is 13.7. The third-order valence-electron chi connectivity index (χ3n) is 4.09. The Morgan fingerprint density at radius 3 is 2.62 bits per heavy atom. The third kappa shape index (κ3) is 4.67. The standard InChI is InChI=1S/C15H28O/c1-3-5-6-7-11-15(16)14-10-8-9-13(4-2)12-14/h13-14H,3-12H2,1-2H3. The zero-order valence-electron chi connectivity index (χ0n) is 11.1. The lowest BCUT2D eigenvalue weighted by molar-refractivity contribution is -0.124. The largest absolute Gasteiger partial charge is 0.299 e. The first-order chi connectivity index (χ1) is 7.77. The summed E-state index contributed by atoms with van der Waals surface area (Å²) in [4.78, 5) is 12.0. The second-order valence-corrected chi connectivity index (χ2v) is 5.41. The van der Waals surface area contributed by atoms with Gasteiger partial charge >= 0.3 is 0 Å². The van der Waals surface area contributed by atoms with Crippen molar-refractivity contribution < 1.29 is 4.79 Å². The molecule has 0 aliphatic heterocycles. The van der Waals surface area contributed by atoms with Crippen molar-refractivity contribution in [2.45, 2.75) is 78.1 Å². The fourth-order valence-electron chi connectivity index (χ4n) is 2.88. The molecule has 0 aromatic rings. The average molecular weight is 224 g/mol. The van der Waals surface area contributed by atoms with E-state index in [1.54, 1.807) is 0 Å². The molecule has 2 unspecified atom stereocenters. The number of hydrogen-bond donors (Lipinski definition) is 0. The zero-order chi connectivity index (χ0) is 11.8. The van der Waals surface area contributed by atoms with Crippen LogP contribution in [0.15, 0.2) is 0 Å². The minimum atomic E-state index is 0.417. The first-order valence-electron chi connectivity index (χ1n) is 7.30. The number of ketones is 1. The van der Waals surface area contributed by atoms with Crippen LogP contribution < -0.4 is 0 Å². The van der Waals surface area contributed by atoms with Crippen LogP contribution >= 0.6 is 0 Å². The maximum absolute atomic E-state index is 12.0. The minimum absolute atomic E-state index is 0.417. The molecule has 1 saturated carbocycles. The predicted molar refractivity (Wildman–Crippen MR) is 69.5 cm³/mol. The molecule has 1 fully saturated rings. The highest BCUT2D eigenvalue weighted by molar-refractivity contribution is 5.81. The molecule has 1 aliphatic rings. The van der Waals surface area contributed by atoms with Gasteiger partial charge in [0.05, 0.1) is 0 Å².